The van der Waals surface area contributed by atoms with Crippen LogP contribution in [0.4, 0.5) is 0 Å². The molecule has 400 valence electrons. The third kappa shape index (κ3) is 8.25. The molecular weight excluding hydrogens is 1070 g/mol. The molecule has 0 atom stereocenters. The molecule has 0 amide bonds. The molecule has 0 aliphatic rings. The van der Waals surface area contributed by atoms with E-state index in [2.05, 4.69) is 0 Å². The van der Waals surface area contributed by atoms with E-state index in [9.17, 15) is 21.9 Å². The first-order valence-corrected chi connectivity index (χ1v) is 26.9. The van der Waals surface area contributed by atoms with Crippen molar-refractivity contribution in [2.24, 2.45) is 0 Å². The van der Waals surface area contributed by atoms with Crippen LogP contribution in [0, 0.1) is 0 Å². The van der Waals surface area contributed by atoms with E-state index in [4.69, 9.17) is 49.3 Å². The second-order valence-electron chi connectivity index (χ2n) is 18.5. The SMILES string of the molecule is [2H]c1c([2H])c(-c2c([2H])c([2H])c([2H])c3c([2H])c([2H])c([2H])c([2H])c23)c([2H])c(-c2c3c([2H])c([2H])c([2H])c([2H])c3c(-c3c([2H])c([2H])c([2H])c4sc5c([2H])c([2H])c([2H])c([2H])c5c34)c3c([2H])c([2H])c([2H])c([2H])c23)c1[2H].[2H]c1c([2H])c(-c2c3c([2H])c([2H])c([2H])c([2H])c3c(-c3c([2H])c([2H])c([2H])c4sc5c([2H])c([2H])c([2H])c([2H])c5c34)c3c([2H])c([2H])c([2H])c([2H])c23)c([2H])c([2H])c1-c1c([2H])c([2H])c2c([2H])c([2H])c([2H])c([2H])c2c1[2H]. The molecule has 0 nitrogen and oxygen atoms in total. The summed E-state index contributed by atoms with van der Waals surface area (Å²) in [6.07, 6.45) is 0. The minimum absolute atomic E-state index is 0.135. The summed E-state index contributed by atoms with van der Waals surface area (Å²) in [5, 5.41) is -8.90. The van der Waals surface area contributed by atoms with Crippen LogP contribution in [0.25, 0.3) is 172 Å². The van der Waals surface area contributed by atoms with Gasteiger partial charge < -0.3 is 0 Å². The predicted molar refractivity (Wildman–Crippen MR) is 376 cm³/mol. The first-order valence-electron chi connectivity index (χ1n) is 51.3. The fraction of sp³-hybridized carbons (Fsp3) is 0. The Morgan fingerprint density at radius 2 is 0.535 bits per heavy atom. The van der Waals surface area contributed by atoms with Gasteiger partial charge in [0.2, 0.25) is 0 Å². The lowest BCUT2D eigenvalue weighted by atomic mass is 9.84. The van der Waals surface area contributed by atoms with Crippen molar-refractivity contribution in [3.05, 3.63) is 314 Å². The Kier molecular flexibility index (Phi) is 4.90. The van der Waals surface area contributed by atoms with Gasteiger partial charge in [-0.3, -0.25) is 0 Å². The van der Waals surface area contributed by atoms with Crippen LogP contribution in [0.1, 0.15) is 71.3 Å². The Morgan fingerprint density at radius 1 is 0.186 bits per heavy atom. The molecule has 18 aromatic rings. The van der Waals surface area contributed by atoms with Gasteiger partial charge >= 0.3 is 0 Å². The zero-order valence-corrected chi connectivity index (χ0v) is 44.4. The lowest BCUT2D eigenvalue weighted by Gasteiger charge is -2.19. The van der Waals surface area contributed by atoms with Gasteiger partial charge in [0.1, 0.15) is 0 Å². The smallest absolute Gasteiger partial charge is 0.0638 e. The van der Waals surface area contributed by atoms with E-state index in [1.165, 1.54) is 0 Å². The van der Waals surface area contributed by atoms with Crippen LogP contribution in [0.5, 0.6) is 0 Å². The molecule has 0 aliphatic heterocycles. The van der Waals surface area contributed by atoms with E-state index in [0.29, 0.717) is 22.7 Å². The fourth-order valence-electron chi connectivity index (χ4n) is 10.4. The Morgan fingerprint density at radius 3 is 1.07 bits per heavy atom. The van der Waals surface area contributed by atoms with Crippen molar-refractivity contribution in [1.29, 1.82) is 0 Å². The summed E-state index contributed by atoms with van der Waals surface area (Å²) < 4.78 is 465. The van der Waals surface area contributed by atoms with E-state index >= 15 is 0 Å². The van der Waals surface area contributed by atoms with E-state index in [1.54, 1.807) is 0 Å². The van der Waals surface area contributed by atoms with E-state index in [-0.39, 0.29) is 40.3 Å². The summed E-state index contributed by atoms with van der Waals surface area (Å²) in [5.41, 5.74) is -8.48. The summed E-state index contributed by atoms with van der Waals surface area (Å²) in [5.74, 6) is 0. The van der Waals surface area contributed by atoms with Gasteiger partial charge in [0.15, 0.2) is 0 Å². The highest BCUT2D eigenvalue weighted by Crippen LogP contribution is 2.50. The van der Waals surface area contributed by atoms with Crippen molar-refractivity contribution in [3.63, 3.8) is 0 Å². The monoisotopic (exact) mass is 1180 g/mol. The standard InChI is InChI=1S/2C42H26S/c1-2-16-30-27(12-1)13-10-22-31(30)28-14-9-15-29(26-28)40-32-17-3-5-19-34(32)41(35-20-6-4-18-33(35)40)37-23-11-25-39-42(37)36-21-7-8-24-38(36)43-39;1-2-11-30-26-31(25-22-27(30)10-1)28-20-23-29(24-21-28)40-32-12-3-5-14-34(32)41(35-15-6-4-13-33(35)40)37-17-9-19-39-42(37)36-16-7-8-18-38(36)43-39/h2*1-26H/i2*1D,2D,3D,4D,5D,6D,7D,8D,9D,10D,11D,12D,13D,14D,15D,16D,17D,18D,19D,20D,21D,22D,23D,24D,25D,26D. The van der Waals surface area contributed by atoms with Crippen LogP contribution >= 0.6 is 22.7 Å². The molecule has 0 radical (unpaired) electrons. The Hall–Kier alpha value is -10.5. The van der Waals surface area contributed by atoms with Crippen LogP contribution < -0.4 is 0 Å². The quantitative estimate of drug-likeness (QED) is 0.146. The molecule has 0 fully saturated rings. The largest absolute Gasteiger partial charge is 0.135 e. The van der Waals surface area contributed by atoms with Crippen molar-refractivity contribution in [2.75, 3.05) is 0 Å². The van der Waals surface area contributed by atoms with Crippen molar-refractivity contribution in [1.82, 2.24) is 0 Å². The topological polar surface area (TPSA) is 0 Å². The molecule has 0 N–H and O–H groups in total. The van der Waals surface area contributed by atoms with Crippen molar-refractivity contribution in [3.8, 4) is 66.8 Å². The van der Waals surface area contributed by atoms with E-state index < -0.39 is 446 Å². The molecule has 18 rings (SSSR count). The molecule has 0 bridgehead atoms. The third-order valence-corrected chi connectivity index (χ3v) is 16.0. The zero-order valence-electron chi connectivity index (χ0n) is 94.8. The van der Waals surface area contributed by atoms with Gasteiger partial charge in [0.05, 0.1) is 71.3 Å². The molecule has 86 heavy (non-hydrogen) atoms. The average Bonchev–Trinajstić information content (AvgIpc) is 1.23. The van der Waals surface area contributed by atoms with Crippen molar-refractivity contribution in [2.45, 2.75) is 0 Å². The highest BCUT2D eigenvalue weighted by molar-refractivity contribution is 7.26. The predicted octanol–water partition coefficient (Wildman–Crippen LogP) is 25.0. The number of hydrogen-bond acceptors (Lipinski definition) is 2. The number of hydrogen-bond donors (Lipinski definition) is 0. The van der Waals surface area contributed by atoms with Gasteiger partial charge in [-0.25, -0.2) is 0 Å². The highest BCUT2D eigenvalue weighted by Gasteiger charge is 2.22. The summed E-state index contributed by atoms with van der Waals surface area (Å²) in [4.78, 5) is 0. The second kappa shape index (κ2) is 20.7. The first-order chi connectivity index (χ1) is 64.3. The van der Waals surface area contributed by atoms with Crippen LogP contribution in [0.3, 0.4) is 0 Å². The summed E-state index contributed by atoms with van der Waals surface area (Å²) in [6, 6.07) is -45.3. The summed E-state index contributed by atoms with van der Waals surface area (Å²) >= 11 is 1.32. The molecule has 0 saturated carbocycles. The fourth-order valence-corrected chi connectivity index (χ4v) is 12.3. The van der Waals surface area contributed by atoms with E-state index in [1.807, 2.05) is 0 Å². The minimum Gasteiger partial charge on any atom is -0.135 e. The number of thiophene rings is 2. The van der Waals surface area contributed by atoms with Gasteiger partial charge in [0.25, 0.3) is 0 Å². The van der Waals surface area contributed by atoms with Crippen LogP contribution in [0.2, 0.25) is 0 Å². The molecule has 0 aliphatic carbocycles. The van der Waals surface area contributed by atoms with Crippen LogP contribution in [-0.2, 0) is 0 Å². The van der Waals surface area contributed by atoms with Gasteiger partial charge in [-0.2, -0.15) is 0 Å². The normalized spacial score (nSPS) is 20.2. The minimum atomic E-state index is -1.06. The number of rotatable bonds is 6. The molecule has 2 aromatic heterocycles. The number of fused-ring (bicyclic) bond motifs is 12. The summed E-state index contributed by atoms with van der Waals surface area (Å²) in [7, 11) is 0. The zero-order chi connectivity index (χ0) is 102. The number of benzene rings is 16. The van der Waals surface area contributed by atoms with Gasteiger partial charge in [0, 0.05) is 40.3 Å². The lowest BCUT2D eigenvalue weighted by Crippen LogP contribution is -1.91. The summed E-state index contributed by atoms with van der Waals surface area (Å²) in [6.45, 7) is 0. The molecule has 0 unspecified atom stereocenters. The van der Waals surface area contributed by atoms with Crippen molar-refractivity contribution >= 4 is 128 Å². The van der Waals surface area contributed by atoms with Crippen LogP contribution in [-0.4, -0.2) is 0 Å². The Bertz CT molecular complexity index is 8760. The lowest BCUT2D eigenvalue weighted by molar-refractivity contribution is 1.63. The van der Waals surface area contributed by atoms with Gasteiger partial charge in [-0.05, 0) is 168 Å². The first kappa shape index (κ1) is 20.4. The Balaban J connectivity index is 0.000000191. The maximum absolute atomic E-state index is 9.83. The molecule has 16 aromatic carbocycles. The molecule has 2 heteroatoms. The van der Waals surface area contributed by atoms with Gasteiger partial charge in [-0.15, -0.1) is 22.7 Å². The third-order valence-electron chi connectivity index (χ3n) is 14.0. The van der Waals surface area contributed by atoms with Crippen molar-refractivity contribution < 1.29 is 71.3 Å². The van der Waals surface area contributed by atoms with Crippen LogP contribution in [0.15, 0.2) is 314 Å². The maximum Gasteiger partial charge on any atom is 0.0638 e. The average molecular weight is 1180 g/mol. The molecule has 2 heterocycles. The highest BCUT2D eigenvalue weighted by atomic mass is 32.1. The molecule has 0 saturated heterocycles. The van der Waals surface area contributed by atoms with Gasteiger partial charge in [-0.1, -0.05) is 278 Å². The maximum atomic E-state index is 9.83. The second-order valence-corrected chi connectivity index (χ2v) is 20.6. The Labute approximate surface area is 579 Å². The molecule has 0 spiro atoms. The molecular formula is C84H52S2. The van der Waals surface area contributed by atoms with E-state index in [0.717, 1.165) is 0 Å².